The summed E-state index contributed by atoms with van der Waals surface area (Å²) in [5.41, 5.74) is 1.36. The van der Waals surface area contributed by atoms with Crippen molar-refractivity contribution in [1.82, 2.24) is 0 Å². The van der Waals surface area contributed by atoms with E-state index < -0.39 is 12.1 Å². The van der Waals surface area contributed by atoms with E-state index >= 15 is 0 Å². The van der Waals surface area contributed by atoms with Crippen LogP contribution in [0.5, 0.6) is 5.75 Å². The molecule has 1 saturated heterocycles. The van der Waals surface area contributed by atoms with Crippen molar-refractivity contribution in [2.75, 3.05) is 12.0 Å². The van der Waals surface area contributed by atoms with Crippen molar-refractivity contribution in [3.8, 4) is 5.75 Å². The average Bonchev–Trinajstić information content (AvgIpc) is 2.52. The first-order valence-corrected chi connectivity index (χ1v) is 8.32. The van der Waals surface area contributed by atoms with Gasteiger partial charge in [0.05, 0.1) is 7.11 Å². The summed E-state index contributed by atoms with van der Waals surface area (Å²) in [5, 5.41) is 0. The van der Waals surface area contributed by atoms with Crippen LogP contribution in [0, 0.1) is 0 Å². The van der Waals surface area contributed by atoms with Crippen molar-refractivity contribution in [3.05, 3.63) is 47.0 Å². The normalized spacial score (nSPS) is 19.7. The van der Waals surface area contributed by atoms with Gasteiger partial charge in [-0.3, -0.25) is 14.5 Å². The third-order valence-corrected chi connectivity index (χ3v) is 4.14. The second kappa shape index (κ2) is 7.66. The summed E-state index contributed by atoms with van der Waals surface area (Å²) >= 11 is 3.31. The SMILES string of the molecule is C=C(Br)C[C@@H](OC(C)=O)[C@H]1/C(=C/C)C(=O)N1c1ccc(OC)cc1. The van der Waals surface area contributed by atoms with E-state index in [1.807, 2.05) is 12.1 Å². The molecular formula is C18H20BrNO4. The highest BCUT2D eigenvalue weighted by atomic mass is 79.9. The van der Waals surface area contributed by atoms with Crippen molar-refractivity contribution in [2.24, 2.45) is 0 Å². The maximum atomic E-state index is 12.5. The predicted octanol–water partition coefficient (Wildman–Crippen LogP) is 3.59. The van der Waals surface area contributed by atoms with E-state index in [1.165, 1.54) is 6.92 Å². The fourth-order valence-electron chi connectivity index (χ4n) is 2.80. The third kappa shape index (κ3) is 3.70. The number of carbonyl (C=O) groups excluding carboxylic acids is 2. The number of benzene rings is 1. The first-order valence-electron chi connectivity index (χ1n) is 7.53. The molecule has 2 atom stereocenters. The Morgan fingerprint density at radius 3 is 2.50 bits per heavy atom. The zero-order chi connectivity index (χ0) is 17.9. The standard InChI is InChI=1S/C18H20BrNO4/c1-5-15-17(16(10-11(2)19)24-12(3)21)20(18(15)22)13-6-8-14(23-4)9-7-13/h5-9,16-17H,2,10H2,1,3-4H3/b15-5-/t16-,17-/m1/s1. The predicted molar refractivity (Wildman–Crippen MR) is 96.3 cm³/mol. The van der Waals surface area contributed by atoms with Crippen LogP contribution in [0.2, 0.25) is 0 Å². The second-order valence-corrected chi connectivity index (χ2v) is 6.55. The van der Waals surface area contributed by atoms with Crippen molar-refractivity contribution < 1.29 is 19.1 Å². The third-order valence-electron chi connectivity index (χ3n) is 3.82. The van der Waals surface area contributed by atoms with Gasteiger partial charge in [0, 0.05) is 24.6 Å². The lowest BCUT2D eigenvalue weighted by Gasteiger charge is -2.46. The lowest BCUT2D eigenvalue weighted by molar-refractivity contribution is -0.148. The maximum absolute atomic E-state index is 12.5. The minimum atomic E-state index is -0.500. The van der Waals surface area contributed by atoms with Crippen molar-refractivity contribution in [1.29, 1.82) is 0 Å². The molecule has 0 saturated carbocycles. The zero-order valence-electron chi connectivity index (χ0n) is 13.9. The molecule has 0 radical (unpaired) electrons. The van der Waals surface area contributed by atoms with Gasteiger partial charge in [0.25, 0.3) is 5.91 Å². The lowest BCUT2D eigenvalue weighted by atomic mass is 9.87. The highest BCUT2D eigenvalue weighted by Gasteiger charge is 2.48. The van der Waals surface area contributed by atoms with Crippen LogP contribution in [0.3, 0.4) is 0 Å². The maximum Gasteiger partial charge on any atom is 0.302 e. The Bertz CT molecular complexity index is 665. The molecule has 1 aliphatic rings. The van der Waals surface area contributed by atoms with Gasteiger partial charge in [-0.25, -0.2) is 0 Å². The number of rotatable bonds is 6. The summed E-state index contributed by atoms with van der Waals surface area (Å²) in [6.45, 7) is 6.98. The molecular weight excluding hydrogens is 374 g/mol. The molecule has 0 N–H and O–H groups in total. The largest absolute Gasteiger partial charge is 0.497 e. The number of esters is 1. The highest BCUT2D eigenvalue weighted by molar-refractivity contribution is 9.11. The number of methoxy groups -OCH3 is 1. The molecule has 0 spiro atoms. The molecule has 1 fully saturated rings. The van der Waals surface area contributed by atoms with E-state index in [0.717, 1.165) is 5.69 Å². The number of ether oxygens (including phenoxy) is 2. The summed E-state index contributed by atoms with van der Waals surface area (Å²) < 4.78 is 11.3. The Morgan fingerprint density at radius 2 is 2.04 bits per heavy atom. The number of carbonyl (C=O) groups is 2. The Hall–Kier alpha value is -2.08. The minimum absolute atomic E-state index is 0.0926. The summed E-state index contributed by atoms with van der Waals surface area (Å²) in [4.78, 5) is 25.6. The number of allylic oxidation sites excluding steroid dienone is 1. The van der Waals surface area contributed by atoms with Crippen LogP contribution in [-0.4, -0.2) is 31.1 Å². The Labute approximate surface area is 150 Å². The van der Waals surface area contributed by atoms with Crippen LogP contribution in [0.25, 0.3) is 0 Å². The van der Waals surface area contributed by atoms with E-state index in [2.05, 4.69) is 22.5 Å². The molecule has 0 unspecified atom stereocenters. The smallest absolute Gasteiger partial charge is 0.302 e. The number of hydrogen-bond acceptors (Lipinski definition) is 4. The quantitative estimate of drug-likeness (QED) is 0.421. The summed E-state index contributed by atoms with van der Waals surface area (Å²) in [5.74, 6) is 0.225. The molecule has 6 heteroatoms. The molecule has 1 amide bonds. The van der Waals surface area contributed by atoms with Gasteiger partial charge in [0.2, 0.25) is 0 Å². The van der Waals surface area contributed by atoms with E-state index in [1.54, 1.807) is 37.1 Å². The van der Waals surface area contributed by atoms with Crippen LogP contribution < -0.4 is 9.64 Å². The van der Waals surface area contributed by atoms with Crippen LogP contribution in [0.4, 0.5) is 5.69 Å². The van der Waals surface area contributed by atoms with Crippen molar-refractivity contribution >= 4 is 33.5 Å². The monoisotopic (exact) mass is 393 g/mol. The van der Waals surface area contributed by atoms with E-state index in [4.69, 9.17) is 9.47 Å². The second-order valence-electron chi connectivity index (χ2n) is 5.43. The number of amides is 1. The zero-order valence-corrected chi connectivity index (χ0v) is 15.5. The van der Waals surface area contributed by atoms with Gasteiger partial charge < -0.3 is 9.47 Å². The first kappa shape index (κ1) is 18.3. The molecule has 2 rings (SSSR count). The van der Waals surface area contributed by atoms with Crippen LogP contribution in [-0.2, 0) is 14.3 Å². The molecule has 128 valence electrons. The number of β-lactam (4-membered cyclic amide) rings is 1. The molecule has 1 aromatic carbocycles. The number of nitrogens with zero attached hydrogens (tertiary/aromatic N) is 1. The average molecular weight is 394 g/mol. The molecule has 0 bridgehead atoms. The van der Waals surface area contributed by atoms with E-state index in [0.29, 0.717) is 22.2 Å². The number of halogens is 1. The molecule has 1 aromatic rings. The van der Waals surface area contributed by atoms with Gasteiger partial charge in [-0.05, 0) is 35.7 Å². The molecule has 1 aliphatic heterocycles. The van der Waals surface area contributed by atoms with Gasteiger partial charge in [-0.15, -0.1) is 0 Å². The number of hydrogen-bond donors (Lipinski definition) is 0. The summed E-state index contributed by atoms with van der Waals surface area (Å²) in [6.07, 6.45) is 1.68. The fraction of sp³-hybridized carbons (Fsp3) is 0.333. The van der Waals surface area contributed by atoms with Gasteiger partial charge in [-0.2, -0.15) is 0 Å². The fourth-order valence-corrected chi connectivity index (χ4v) is 3.11. The Morgan fingerprint density at radius 1 is 1.42 bits per heavy atom. The van der Waals surface area contributed by atoms with Gasteiger partial charge in [-0.1, -0.05) is 28.6 Å². The van der Waals surface area contributed by atoms with Gasteiger partial charge >= 0.3 is 5.97 Å². The lowest BCUT2D eigenvalue weighted by Crippen LogP contribution is -2.61. The molecule has 5 nitrogen and oxygen atoms in total. The number of anilines is 1. The molecule has 1 heterocycles. The van der Waals surface area contributed by atoms with E-state index in [9.17, 15) is 9.59 Å². The molecule has 0 aliphatic carbocycles. The first-order chi connectivity index (χ1) is 11.4. The van der Waals surface area contributed by atoms with Crippen LogP contribution in [0.15, 0.2) is 47.0 Å². The highest BCUT2D eigenvalue weighted by Crippen LogP contribution is 2.37. The van der Waals surface area contributed by atoms with Gasteiger partial charge in [0.1, 0.15) is 17.9 Å². The summed E-state index contributed by atoms with van der Waals surface area (Å²) in [7, 11) is 1.59. The van der Waals surface area contributed by atoms with Crippen molar-refractivity contribution in [2.45, 2.75) is 32.4 Å². The van der Waals surface area contributed by atoms with Gasteiger partial charge in [0.15, 0.2) is 0 Å². The summed E-state index contributed by atoms with van der Waals surface area (Å²) in [6, 6.07) is 6.86. The van der Waals surface area contributed by atoms with Crippen LogP contribution >= 0.6 is 15.9 Å². The Balaban J connectivity index is 2.35. The Kier molecular flexibility index (Phi) is 5.83. The van der Waals surface area contributed by atoms with E-state index in [-0.39, 0.29) is 11.9 Å². The molecule has 0 aromatic heterocycles. The molecule has 24 heavy (non-hydrogen) atoms. The van der Waals surface area contributed by atoms with Crippen molar-refractivity contribution in [3.63, 3.8) is 0 Å². The topological polar surface area (TPSA) is 55.8 Å². The van der Waals surface area contributed by atoms with Crippen LogP contribution in [0.1, 0.15) is 20.3 Å². The minimum Gasteiger partial charge on any atom is -0.497 e.